The van der Waals surface area contributed by atoms with Gasteiger partial charge in [0.25, 0.3) is 0 Å². The van der Waals surface area contributed by atoms with Gasteiger partial charge in [0.2, 0.25) is 0 Å². The van der Waals surface area contributed by atoms with Gasteiger partial charge in [-0.05, 0) is 44.2 Å². The molecule has 0 spiro atoms. The molecule has 0 radical (unpaired) electrons. The minimum absolute atomic E-state index is 0. The van der Waals surface area contributed by atoms with Gasteiger partial charge in [-0.3, -0.25) is 0 Å². The molecule has 2 aliphatic heterocycles. The number of nitrogens with one attached hydrogen (secondary N) is 1. The molecule has 18 heavy (non-hydrogen) atoms. The van der Waals surface area contributed by atoms with E-state index in [0.717, 1.165) is 39.0 Å². The Morgan fingerprint density at radius 2 is 1.89 bits per heavy atom. The van der Waals surface area contributed by atoms with Crippen LogP contribution in [0.5, 0.6) is 0 Å². The Morgan fingerprint density at radius 3 is 2.44 bits per heavy atom. The van der Waals surface area contributed by atoms with Gasteiger partial charge in [0.15, 0.2) is 0 Å². The number of carbonyl (C=O) groups excluding carboxylic acids is 1. The second-order valence-corrected chi connectivity index (χ2v) is 5.22. The fraction of sp³-hybridized carbons (Fsp3) is 0.923. The molecule has 0 aromatic rings. The lowest BCUT2D eigenvalue weighted by Gasteiger charge is -2.16. The summed E-state index contributed by atoms with van der Waals surface area (Å²) in [6.45, 7) is 6.67. The van der Waals surface area contributed by atoms with Crippen LogP contribution in [0.4, 0.5) is 4.79 Å². The minimum atomic E-state index is -0.0977. The van der Waals surface area contributed by atoms with Crippen molar-refractivity contribution in [1.29, 1.82) is 0 Å². The molecule has 2 fully saturated rings. The Hall–Kier alpha value is -0.480. The molecule has 0 bridgehead atoms. The number of rotatable bonds is 3. The number of amides is 1. The molecule has 0 aromatic carbocycles. The zero-order valence-electron chi connectivity index (χ0n) is 11.2. The predicted molar refractivity (Wildman–Crippen MR) is 74.2 cm³/mol. The van der Waals surface area contributed by atoms with Gasteiger partial charge in [0.05, 0.1) is 6.61 Å². The van der Waals surface area contributed by atoms with Crippen LogP contribution in [0.25, 0.3) is 0 Å². The van der Waals surface area contributed by atoms with E-state index in [1.54, 1.807) is 0 Å². The van der Waals surface area contributed by atoms with Crippen LogP contribution in [-0.2, 0) is 4.74 Å². The first kappa shape index (κ1) is 15.6. The number of hydrogen-bond acceptors (Lipinski definition) is 3. The first-order chi connectivity index (χ1) is 8.31. The first-order valence-electron chi connectivity index (χ1n) is 6.93. The van der Waals surface area contributed by atoms with Crippen molar-refractivity contribution in [1.82, 2.24) is 10.2 Å². The molecule has 2 aliphatic rings. The molecule has 2 unspecified atom stereocenters. The van der Waals surface area contributed by atoms with Crippen molar-refractivity contribution in [3.63, 3.8) is 0 Å². The van der Waals surface area contributed by atoms with Crippen LogP contribution in [0, 0.1) is 11.8 Å². The molecular formula is C13H25ClN2O2. The number of hydrogen-bond donors (Lipinski definition) is 1. The van der Waals surface area contributed by atoms with E-state index in [1.165, 1.54) is 12.8 Å². The van der Waals surface area contributed by atoms with Crippen LogP contribution >= 0.6 is 12.4 Å². The van der Waals surface area contributed by atoms with E-state index in [2.05, 4.69) is 12.2 Å². The van der Waals surface area contributed by atoms with E-state index in [1.807, 2.05) is 4.90 Å². The van der Waals surface area contributed by atoms with E-state index in [9.17, 15) is 4.79 Å². The Kier molecular flexibility index (Phi) is 6.79. The lowest BCUT2D eigenvalue weighted by atomic mass is 9.92. The quantitative estimate of drug-likeness (QED) is 0.804. The normalized spacial score (nSPS) is 27.1. The highest BCUT2D eigenvalue weighted by Crippen LogP contribution is 2.30. The second kappa shape index (κ2) is 7.85. The molecule has 2 saturated heterocycles. The average Bonchev–Trinajstić information content (AvgIpc) is 2.61. The van der Waals surface area contributed by atoms with Crippen molar-refractivity contribution in [2.24, 2.45) is 11.8 Å². The summed E-state index contributed by atoms with van der Waals surface area (Å²) < 4.78 is 5.28. The maximum absolute atomic E-state index is 11.8. The maximum atomic E-state index is 11.8. The van der Waals surface area contributed by atoms with Crippen molar-refractivity contribution in [2.45, 2.75) is 32.6 Å². The molecule has 2 rings (SSSR count). The van der Waals surface area contributed by atoms with Crippen molar-refractivity contribution >= 4 is 18.5 Å². The Balaban J connectivity index is 0.00000162. The molecule has 1 N–H and O–H groups in total. The van der Waals surface area contributed by atoms with Crippen LogP contribution in [0.15, 0.2) is 0 Å². The molecule has 2 heterocycles. The summed E-state index contributed by atoms with van der Waals surface area (Å²) in [5.74, 6) is 1.37. The highest BCUT2D eigenvalue weighted by atomic mass is 35.5. The Labute approximate surface area is 116 Å². The molecule has 2 atom stereocenters. The van der Waals surface area contributed by atoms with Crippen molar-refractivity contribution in [2.75, 3.05) is 32.8 Å². The monoisotopic (exact) mass is 276 g/mol. The van der Waals surface area contributed by atoms with Gasteiger partial charge in [-0.1, -0.05) is 13.3 Å². The zero-order chi connectivity index (χ0) is 12.1. The SMILES string of the molecule is CCCCOC(=O)N1CC2CCNCCC2C1.Cl. The van der Waals surface area contributed by atoms with E-state index < -0.39 is 0 Å². The third-order valence-corrected chi connectivity index (χ3v) is 3.94. The molecule has 106 valence electrons. The third-order valence-electron chi connectivity index (χ3n) is 3.94. The lowest BCUT2D eigenvalue weighted by Crippen LogP contribution is -2.30. The molecule has 4 nitrogen and oxygen atoms in total. The fourth-order valence-electron chi connectivity index (χ4n) is 2.84. The van der Waals surface area contributed by atoms with Gasteiger partial charge < -0.3 is 15.0 Å². The van der Waals surface area contributed by atoms with Crippen LogP contribution < -0.4 is 5.32 Å². The standard InChI is InChI=1S/C13H24N2O2.ClH/c1-2-3-8-17-13(16)15-9-11-4-6-14-7-5-12(11)10-15;/h11-12,14H,2-10H2,1H3;1H. The van der Waals surface area contributed by atoms with Crippen LogP contribution in [0.1, 0.15) is 32.6 Å². The van der Waals surface area contributed by atoms with Crippen molar-refractivity contribution < 1.29 is 9.53 Å². The van der Waals surface area contributed by atoms with E-state index >= 15 is 0 Å². The van der Waals surface area contributed by atoms with Crippen LogP contribution in [0.3, 0.4) is 0 Å². The summed E-state index contributed by atoms with van der Waals surface area (Å²) >= 11 is 0. The summed E-state index contributed by atoms with van der Waals surface area (Å²) in [6, 6.07) is 0. The lowest BCUT2D eigenvalue weighted by molar-refractivity contribution is 0.107. The Morgan fingerprint density at radius 1 is 1.28 bits per heavy atom. The van der Waals surface area contributed by atoms with Crippen LogP contribution in [-0.4, -0.2) is 43.8 Å². The number of nitrogens with zero attached hydrogens (tertiary/aromatic N) is 1. The van der Waals surface area contributed by atoms with E-state index in [0.29, 0.717) is 18.4 Å². The number of fused-ring (bicyclic) bond motifs is 1. The van der Waals surface area contributed by atoms with Gasteiger partial charge in [0.1, 0.15) is 0 Å². The van der Waals surface area contributed by atoms with E-state index in [-0.39, 0.29) is 18.5 Å². The predicted octanol–water partition coefficient (Wildman–Crippen LogP) is 2.28. The summed E-state index contributed by atoms with van der Waals surface area (Å²) in [6.07, 6.45) is 4.34. The summed E-state index contributed by atoms with van der Waals surface area (Å²) in [4.78, 5) is 13.8. The van der Waals surface area contributed by atoms with Gasteiger partial charge in [-0.25, -0.2) is 4.79 Å². The first-order valence-corrected chi connectivity index (χ1v) is 6.93. The topological polar surface area (TPSA) is 41.6 Å². The summed E-state index contributed by atoms with van der Waals surface area (Å²) in [5.41, 5.74) is 0. The number of ether oxygens (including phenoxy) is 1. The Bertz CT molecular complexity index is 249. The maximum Gasteiger partial charge on any atom is 0.409 e. The molecule has 1 amide bonds. The molecule has 0 saturated carbocycles. The molecule has 5 heteroatoms. The fourth-order valence-corrected chi connectivity index (χ4v) is 2.84. The number of likely N-dealkylation sites (tertiary alicyclic amines) is 1. The van der Waals surface area contributed by atoms with Crippen molar-refractivity contribution in [3.05, 3.63) is 0 Å². The van der Waals surface area contributed by atoms with Gasteiger partial charge in [-0.2, -0.15) is 0 Å². The zero-order valence-corrected chi connectivity index (χ0v) is 12.0. The molecule has 0 aromatic heterocycles. The molecule has 0 aliphatic carbocycles. The largest absolute Gasteiger partial charge is 0.449 e. The number of halogens is 1. The second-order valence-electron chi connectivity index (χ2n) is 5.22. The summed E-state index contributed by atoms with van der Waals surface area (Å²) in [5, 5.41) is 3.43. The molecular weight excluding hydrogens is 252 g/mol. The third kappa shape index (κ3) is 4.02. The van der Waals surface area contributed by atoms with E-state index in [4.69, 9.17) is 4.74 Å². The highest BCUT2D eigenvalue weighted by molar-refractivity contribution is 5.85. The van der Waals surface area contributed by atoms with Crippen molar-refractivity contribution in [3.8, 4) is 0 Å². The van der Waals surface area contributed by atoms with Gasteiger partial charge >= 0.3 is 6.09 Å². The number of unbranched alkanes of at least 4 members (excludes halogenated alkanes) is 1. The summed E-state index contributed by atoms with van der Waals surface area (Å²) in [7, 11) is 0. The average molecular weight is 277 g/mol. The smallest absolute Gasteiger partial charge is 0.409 e. The number of carbonyl (C=O) groups is 1. The van der Waals surface area contributed by atoms with Gasteiger partial charge in [0, 0.05) is 13.1 Å². The minimum Gasteiger partial charge on any atom is -0.449 e. The van der Waals surface area contributed by atoms with Gasteiger partial charge in [-0.15, -0.1) is 12.4 Å². The highest BCUT2D eigenvalue weighted by Gasteiger charge is 2.36. The van der Waals surface area contributed by atoms with Crippen LogP contribution in [0.2, 0.25) is 0 Å².